The van der Waals surface area contributed by atoms with Crippen molar-refractivity contribution < 1.29 is 23.8 Å². The third-order valence-corrected chi connectivity index (χ3v) is 4.00. The molecule has 1 heterocycles. The molecule has 1 aliphatic heterocycles. The number of aryl methyl sites for hydroxylation is 1. The van der Waals surface area contributed by atoms with Gasteiger partial charge in [-0.05, 0) is 36.8 Å². The maximum Gasteiger partial charge on any atom is 0.331 e. The van der Waals surface area contributed by atoms with Gasteiger partial charge in [-0.2, -0.15) is 0 Å². The van der Waals surface area contributed by atoms with E-state index in [4.69, 9.17) is 14.2 Å². The Morgan fingerprint density at radius 3 is 2.65 bits per heavy atom. The molecule has 0 atom stereocenters. The monoisotopic (exact) mass is 356 g/mol. The summed E-state index contributed by atoms with van der Waals surface area (Å²) in [7, 11) is 3.08. The average molecular weight is 356 g/mol. The number of esters is 1. The van der Waals surface area contributed by atoms with Crippen molar-refractivity contribution in [2.24, 2.45) is 0 Å². The summed E-state index contributed by atoms with van der Waals surface area (Å²) in [4.78, 5) is 25.9. The number of fused-ring (bicyclic) bond motifs is 1. The minimum Gasteiger partial charge on any atom is -0.493 e. The Bertz CT molecular complexity index is 850. The number of hydrogen-bond acceptors (Lipinski definition) is 6. The number of amides is 1. The van der Waals surface area contributed by atoms with Gasteiger partial charge in [0.2, 0.25) is 5.91 Å². The molecule has 0 bridgehead atoms. The lowest BCUT2D eigenvalue weighted by atomic mass is 10.1. The number of rotatable bonds is 5. The van der Waals surface area contributed by atoms with Gasteiger partial charge in [-0.25, -0.2) is 4.79 Å². The van der Waals surface area contributed by atoms with E-state index in [0.717, 1.165) is 11.3 Å². The molecule has 136 valence electrons. The second kappa shape index (κ2) is 7.35. The van der Waals surface area contributed by atoms with Gasteiger partial charge >= 0.3 is 5.97 Å². The number of benzene rings is 2. The summed E-state index contributed by atoms with van der Waals surface area (Å²) in [6.07, 6.45) is 0. The van der Waals surface area contributed by atoms with E-state index in [-0.39, 0.29) is 25.0 Å². The normalized spacial score (nSPS) is 12.9. The van der Waals surface area contributed by atoms with Crippen LogP contribution in [-0.2, 0) is 9.59 Å². The number of methoxy groups -OCH3 is 2. The zero-order chi connectivity index (χ0) is 18.7. The lowest BCUT2D eigenvalue weighted by molar-refractivity contribution is -0.133. The van der Waals surface area contributed by atoms with E-state index in [9.17, 15) is 9.59 Å². The van der Waals surface area contributed by atoms with E-state index in [1.807, 2.05) is 19.1 Å². The minimum atomic E-state index is -0.387. The van der Waals surface area contributed by atoms with Crippen molar-refractivity contribution in [3.05, 3.63) is 42.0 Å². The van der Waals surface area contributed by atoms with Crippen molar-refractivity contribution in [2.75, 3.05) is 37.5 Å². The first-order valence-electron chi connectivity index (χ1n) is 8.08. The van der Waals surface area contributed by atoms with Gasteiger partial charge in [0, 0.05) is 11.8 Å². The molecule has 1 aliphatic rings. The fourth-order valence-electron chi connectivity index (χ4n) is 2.79. The first-order valence-corrected chi connectivity index (χ1v) is 8.08. The van der Waals surface area contributed by atoms with Crippen LogP contribution in [-0.4, -0.2) is 39.2 Å². The highest BCUT2D eigenvalue weighted by molar-refractivity contribution is 5.96. The Hall–Kier alpha value is -3.22. The Morgan fingerprint density at radius 1 is 1.15 bits per heavy atom. The molecule has 2 aromatic rings. The van der Waals surface area contributed by atoms with E-state index in [2.05, 4.69) is 5.32 Å². The molecule has 7 nitrogen and oxygen atoms in total. The Labute approximate surface area is 151 Å². The standard InChI is InChI=1S/C19H20N2O5/c1-12-4-6-14-16(8-12)26-19(23)11-21(14)10-18(22)20-13-5-7-15(24-2)17(9-13)25-3/h4-9H,10-11H2,1-3H3,(H,20,22). The predicted octanol–water partition coefficient (Wildman–Crippen LogP) is 2.38. The number of carbonyl (C=O) groups excluding carboxylic acids is 2. The van der Waals surface area contributed by atoms with Gasteiger partial charge in [-0.1, -0.05) is 6.07 Å². The third kappa shape index (κ3) is 3.72. The summed E-state index contributed by atoms with van der Waals surface area (Å²) in [6.45, 7) is 1.96. The van der Waals surface area contributed by atoms with Crippen LogP contribution in [0.3, 0.4) is 0 Å². The highest BCUT2D eigenvalue weighted by Crippen LogP contribution is 2.33. The quantitative estimate of drug-likeness (QED) is 0.655. The third-order valence-electron chi connectivity index (χ3n) is 4.00. The topological polar surface area (TPSA) is 77.1 Å². The van der Waals surface area contributed by atoms with Crippen molar-refractivity contribution in [1.82, 2.24) is 0 Å². The lowest BCUT2D eigenvalue weighted by Gasteiger charge is -2.29. The van der Waals surface area contributed by atoms with Crippen molar-refractivity contribution in [3.63, 3.8) is 0 Å². The molecule has 0 aromatic heterocycles. The molecule has 7 heteroatoms. The van der Waals surface area contributed by atoms with Crippen molar-refractivity contribution in [2.45, 2.75) is 6.92 Å². The van der Waals surface area contributed by atoms with Crippen LogP contribution in [0.5, 0.6) is 17.2 Å². The van der Waals surface area contributed by atoms with Gasteiger partial charge in [0.1, 0.15) is 6.54 Å². The number of hydrogen-bond donors (Lipinski definition) is 1. The second-order valence-electron chi connectivity index (χ2n) is 5.92. The van der Waals surface area contributed by atoms with Gasteiger partial charge in [-0.15, -0.1) is 0 Å². The van der Waals surface area contributed by atoms with Crippen LogP contribution >= 0.6 is 0 Å². The molecule has 1 N–H and O–H groups in total. The lowest BCUT2D eigenvalue weighted by Crippen LogP contribution is -2.41. The van der Waals surface area contributed by atoms with Crippen LogP contribution < -0.4 is 24.4 Å². The molecule has 1 amide bonds. The fourth-order valence-corrected chi connectivity index (χ4v) is 2.79. The Balaban J connectivity index is 1.74. The fraction of sp³-hybridized carbons (Fsp3) is 0.263. The highest BCUT2D eigenvalue weighted by Gasteiger charge is 2.25. The van der Waals surface area contributed by atoms with Crippen LogP contribution in [0.25, 0.3) is 0 Å². The van der Waals surface area contributed by atoms with E-state index in [1.54, 1.807) is 36.3 Å². The molecule has 0 saturated carbocycles. The number of anilines is 2. The van der Waals surface area contributed by atoms with Gasteiger partial charge in [0.05, 0.1) is 26.5 Å². The minimum absolute atomic E-state index is 0.0232. The molecule has 0 fully saturated rings. The first-order chi connectivity index (χ1) is 12.5. The molecule has 0 saturated heterocycles. The van der Waals surface area contributed by atoms with Crippen molar-refractivity contribution in [1.29, 1.82) is 0 Å². The SMILES string of the molecule is COc1ccc(NC(=O)CN2CC(=O)Oc3cc(C)ccc32)cc1OC. The van der Waals surface area contributed by atoms with Crippen molar-refractivity contribution >= 4 is 23.3 Å². The molecule has 26 heavy (non-hydrogen) atoms. The molecular formula is C19H20N2O5. The molecule has 0 spiro atoms. The number of nitrogens with zero attached hydrogens (tertiary/aromatic N) is 1. The van der Waals surface area contributed by atoms with Gasteiger partial charge in [0.15, 0.2) is 17.2 Å². The summed E-state index contributed by atoms with van der Waals surface area (Å²) in [5, 5.41) is 2.80. The summed E-state index contributed by atoms with van der Waals surface area (Å²) >= 11 is 0. The molecule has 0 aliphatic carbocycles. The zero-order valence-corrected chi connectivity index (χ0v) is 14.9. The average Bonchev–Trinajstić information content (AvgIpc) is 2.60. The van der Waals surface area contributed by atoms with Crippen LogP contribution in [0.2, 0.25) is 0 Å². The maximum absolute atomic E-state index is 12.4. The maximum atomic E-state index is 12.4. The number of ether oxygens (including phenoxy) is 3. The predicted molar refractivity (Wildman–Crippen MR) is 97.2 cm³/mol. The van der Waals surface area contributed by atoms with Crippen LogP contribution in [0.1, 0.15) is 5.56 Å². The molecule has 2 aromatic carbocycles. The van der Waals surface area contributed by atoms with Crippen molar-refractivity contribution in [3.8, 4) is 17.2 Å². The molecular weight excluding hydrogens is 336 g/mol. The summed E-state index contributed by atoms with van der Waals surface area (Å²) in [5.74, 6) is 0.932. The van der Waals surface area contributed by atoms with E-state index in [1.165, 1.54) is 7.11 Å². The molecule has 0 radical (unpaired) electrons. The Morgan fingerprint density at radius 2 is 1.92 bits per heavy atom. The summed E-state index contributed by atoms with van der Waals surface area (Å²) < 4.78 is 15.7. The highest BCUT2D eigenvalue weighted by atomic mass is 16.5. The van der Waals surface area contributed by atoms with Gasteiger partial charge < -0.3 is 24.4 Å². The second-order valence-corrected chi connectivity index (χ2v) is 5.92. The van der Waals surface area contributed by atoms with Crippen LogP contribution in [0, 0.1) is 6.92 Å². The largest absolute Gasteiger partial charge is 0.493 e. The molecule has 3 rings (SSSR count). The Kier molecular flexibility index (Phi) is 4.97. The van der Waals surface area contributed by atoms with Crippen LogP contribution in [0.4, 0.5) is 11.4 Å². The summed E-state index contributed by atoms with van der Waals surface area (Å²) in [5.41, 5.74) is 2.28. The summed E-state index contributed by atoms with van der Waals surface area (Å²) in [6, 6.07) is 10.7. The van der Waals surface area contributed by atoms with E-state index in [0.29, 0.717) is 22.9 Å². The van der Waals surface area contributed by atoms with E-state index >= 15 is 0 Å². The van der Waals surface area contributed by atoms with Gasteiger partial charge in [0.25, 0.3) is 0 Å². The van der Waals surface area contributed by atoms with E-state index < -0.39 is 0 Å². The van der Waals surface area contributed by atoms with Crippen LogP contribution in [0.15, 0.2) is 36.4 Å². The number of carbonyl (C=O) groups is 2. The first kappa shape index (κ1) is 17.6. The van der Waals surface area contributed by atoms with Gasteiger partial charge in [-0.3, -0.25) is 4.79 Å². The zero-order valence-electron chi connectivity index (χ0n) is 14.9. The number of nitrogens with one attached hydrogen (secondary N) is 1. The smallest absolute Gasteiger partial charge is 0.331 e. The molecule has 0 unspecified atom stereocenters.